The van der Waals surface area contributed by atoms with Crippen molar-refractivity contribution >= 4 is 37.6 Å². The lowest BCUT2D eigenvalue weighted by Crippen LogP contribution is -2.45. The Morgan fingerprint density at radius 2 is 1.77 bits per heavy atom. The highest BCUT2D eigenvalue weighted by Crippen LogP contribution is 2.34. The Labute approximate surface area is 229 Å². The summed E-state index contributed by atoms with van der Waals surface area (Å²) in [5.74, 6) is 2.13. The fourth-order valence-electron chi connectivity index (χ4n) is 5.95. The molecule has 0 saturated carbocycles. The zero-order valence-corrected chi connectivity index (χ0v) is 23.1. The minimum absolute atomic E-state index is 0.158. The molecular formula is C29H35N5O4S. The molecule has 0 radical (unpaired) electrons. The molecule has 1 atom stereocenters. The van der Waals surface area contributed by atoms with Crippen LogP contribution in [0, 0.1) is 11.8 Å². The Kier molecular flexibility index (Phi) is 7.31. The highest BCUT2D eigenvalue weighted by atomic mass is 32.2. The van der Waals surface area contributed by atoms with Gasteiger partial charge in [-0.25, -0.2) is 22.7 Å². The fourth-order valence-corrected chi connectivity index (χ4v) is 7.93. The molecule has 0 aliphatic carbocycles. The van der Waals surface area contributed by atoms with E-state index >= 15 is 0 Å². The maximum atomic E-state index is 13.4. The van der Waals surface area contributed by atoms with Crippen LogP contribution in [0.4, 0.5) is 5.69 Å². The van der Waals surface area contributed by atoms with E-state index in [0.29, 0.717) is 19.7 Å². The maximum absolute atomic E-state index is 13.4. The predicted octanol–water partition coefficient (Wildman–Crippen LogP) is 4.46. The maximum Gasteiger partial charge on any atom is 0.214 e. The summed E-state index contributed by atoms with van der Waals surface area (Å²) in [5.41, 5.74) is 2.88. The third-order valence-electron chi connectivity index (χ3n) is 8.09. The van der Waals surface area contributed by atoms with Crippen LogP contribution >= 0.6 is 0 Å². The molecule has 206 valence electrons. The van der Waals surface area contributed by atoms with Gasteiger partial charge in [-0.15, -0.1) is 0 Å². The number of methoxy groups -OCH3 is 1. The number of piperidine rings is 2. The number of fused-ring (bicyclic) bond motifs is 3. The SMILES string of the molecule is COc1ccc(OCC2CCCN(S(=O)(=O)CC3CCN(c4cc[nH]c5cnc6nccc6c45)CC3)C2)cc1. The average Bonchev–Trinajstić information content (AvgIpc) is 3.46. The van der Waals surface area contributed by atoms with Gasteiger partial charge in [-0.05, 0) is 68.0 Å². The first-order chi connectivity index (χ1) is 19.0. The fraction of sp³-hybridized carbons (Fsp3) is 0.448. The minimum atomic E-state index is -3.32. The van der Waals surface area contributed by atoms with Gasteiger partial charge in [0.25, 0.3) is 0 Å². The van der Waals surface area contributed by atoms with Crippen molar-refractivity contribution in [1.82, 2.24) is 19.3 Å². The second-order valence-corrected chi connectivity index (χ2v) is 12.7. The number of H-pyrrole nitrogens is 1. The van der Waals surface area contributed by atoms with Crippen molar-refractivity contribution in [3.63, 3.8) is 0 Å². The zero-order chi connectivity index (χ0) is 26.8. The molecular weight excluding hydrogens is 514 g/mol. The Bertz CT molecular complexity index is 1530. The molecule has 6 rings (SSSR count). The predicted molar refractivity (Wildman–Crippen MR) is 153 cm³/mol. The summed E-state index contributed by atoms with van der Waals surface area (Å²) in [4.78, 5) is 14.5. The summed E-state index contributed by atoms with van der Waals surface area (Å²) in [5, 5.41) is 2.17. The lowest BCUT2D eigenvalue weighted by atomic mass is 9.98. The molecule has 10 heteroatoms. The molecule has 9 nitrogen and oxygen atoms in total. The monoisotopic (exact) mass is 549 g/mol. The van der Waals surface area contributed by atoms with Gasteiger partial charge < -0.3 is 19.4 Å². The summed E-state index contributed by atoms with van der Waals surface area (Å²) in [6.07, 6.45) is 9.12. The van der Waals surface area contributed by atoms with E-state index in [1.807, 2.05) is 42.7 Å². The molecule has 3 aromatic heterocycles. The van der Waals surface area contributed by atoms with Crippen molar-refractivity contribution < 1.29 is 17.9 Å². The van der Waals surface area contributed by atoms with Gasteiger partial charge in [0, 0.05) is 61.0 Å². The van der Waals surface area contributed by atoms with Crippen LogP contribution in [-0.4, -0.2) is 73.3 Å². The van der Waals surface area contributed by atoms with E-state index < -0.39 is 10.0 Å². The minimum Gasteiger partial charge on any atom is -0.497 e. The highest BCUT2D eigenvalue weighted by molar-refractivity contribution is 7.89. The number of aromatic amines is 1. The molecule has 1 N–H and O–H groups in total. The molecule has 0 bridgehead atoms. The second kappa shape index (κ2) is 11.0. The zero-order valence-electron chi connectivity index (χ0n) is 22.3. The number of benzene rings is 1. The van der Waals surface area contributed by atoms with Gasteiger partial charge in [-0.1, -0.05) is 0 Å². The summed E-state index contributed by atoms with van der Waals surface area (Å²) in [6, 6.07) is 11.6. The van der Waals surface area contributed by atoms with Crippen LogP contribution in [0.1, 0.15) is 25.7 Å². The van der Waals surface area contributed by atoms with Gasteiger partial charge in [-0.2, -0.15) is 0 Å². The summed E-state index contributed by atoms with van der Waals surface area (Å²) in [7, 11) is -1.69. The number of hydrogen-bond acceptors (Lipinski definition) is 7. The Balaban J connectivity index is 1.05. The van der Waals surface area contributed by atoms with Crippen molar-refractivity contribution in [3.8, 4) is 11.5 Å². The number of ether oxygens (including phenoxy) is 2. The van der Waals surface area contributed by atoms with Gasteiger partial charge in [-0.3, -0.25) is 0 Å². The lowest BCUT2D eigenvalue weighted by molar-refractivity contribution is 0.179. The average molecular weight is 550 g/mol. The summed E-state index contributed by atoms with van der Waals surface area (Å²) in [6.45, 7) is 3.30. The van der Waals surface area contributed by atoms with E-state index in [2.05, 4.69) is 25.9 Å². The van der Waals surface area contributed by atoms with Crippen LogP contribution in [0.15, 0.2) is 55.0 Å². The first kappa shape index (κ1) is 25.9. The highest BCUT2D eigenvalue weighted by Gasteiger charge is 2.33. The van der Waals surface area contributed by atoms with Crippen molar-refractivity contribution in [3.05, 3.63) is 55.0 Å². The third-order valence-corrected chi connectivity index (χ3v) is 10.1. The molecule has 39 heavy (non-hydrogen) atoms. The number of aromatic nitrogens is 3. The first-order valence-electron chi connectivity index (χ1n) is 13.7. The van der Waals surface area contributed by atoms with E-state index in [4.69, 9.17) is 9.47 Å². The normalized spacial score (nSPS) is 19.5. The van der Waals surface area contributed by atoms with Crippen LogP contribution in [0.3, 0.4) is 0 Å². The van der Waals surface area contributed by atoms with Crippen LogP contribution in [-0.2, 0) is 10.0 Å². The number of nitrogens with zero attached hydrogens (tertiary/aromatic N) is 4. The molecule has 2 aliphatic heterocycles. The van der Waals surface area contributed by atoms with E-state index in [-0.39, 0.29) is 17.6 Å². The molecule has 2 fully saturated rings. The molecule has 5 heterocycles. The number of sulfonamides is 1. The summed E-state index contributed by atoms with van der Waals surface area (Å²) < 4.78 is 39.7. The van der Waals surface area contributed by atoms with E-state index in [1.54, 1.807) is 17.6 Å². The van der Waals surface area contributed by atoms with Crippen molar-refractivity contribution in [2.75, 3.05) is 50.5 Å². The number of hydrogen-bond donors (Lipinski definition) is 1. The van der Waals surface area contributed by atoms with Crippen LogP contribution in [0.2, 0.25) is 0 Å². The number of nitrogens with one attached hydrogen (secondary N) is 1. The molecule has 4 aromatic rings. The molecule has 2 aliphatic rings. The molecule has 0 amide bonds. The molecule has 2 saturated heterocycles. The third kappa shape index (κ3) is 5.53. The Morgan fingerprint density at radius 3 is 2.56 bits per heavy atom. The summed E-state index contributed by atoms with van der Waals surface area (Å²) >= 11 is 0. The van der Waals surface area contributed by atoms with Crippen LogP contribution in [0.25, 0.3) is 21.9 Å². The standard InChI is InChI=1S/C29H35N5O4S/c1-37-23-4-6-24(7-5-23)38-19-22-3-2-14-34(18-22)39(35,36)20-21-10-15-33(16-11-21)27-9-13-30-26-17-32-29-25(28(26)27)8-12-31-29/h4-9,12-13,17,21-22,30H,2-3,10-11,14-16,18-20H2,1H3. The molecule has 1 unspecified atom stereocenters. The van der Waals surface area contributed by atoms with E-state index in [9.17, 15) is 8.42 Å². The largest absolute Gasteiger partial charge is 0.497 e. The number of anilines is 1. The topological polar surface area (TPSA) is 101 Å². The van der Waals surface area contributed by atoms with Gasteiger partial charge in [0.15, 0.2) is 5.65 Å². The van der Waals surface area contributed by atoms with Crippen molar-refractivity contribution in [2.45, 2.75) is 25.7 Å². The lowest BCUT2D eigenvalue weighted by Gasteiger charge is -2.36. The van der Waals surface area contributed by atoms with Gasteiger partial charge in [0.1, 0.15) is 11.5 Å². The quantitative estimate of drug-likeness (QED) is 0.346. The second-order valence-electron chi connectivity index (χ2n) is 10.7. The Morgan fingerprint density at radius 1 is 0.974 bits per heavy atom. The van der Waals surface area contributed by atoms with Gasteiger partial charge in [0.2, 0.25) is 10.0 Å². The van der Waals surface area contributed by atoms with Gasteiger partial charge >= 0.3 is 0 Å². The van der Waals surface area contributed by atoms with E-state index in [1.165, 1.54) is 0 Å². The number of rotatable bonds is 8. The van der Waals surface area contributed by atoms with Crippen LogP contribution in [0.5, 0.6) is 11.5 Å². The van der Waals surface area contributed by atoms with Crippen molar-refractivity contribution in [1.29, 1.82) is 0 Å². The molecule has 0 spiro atoms. The van der Waals surface area contributed by atoms with Crippen LogP contribution < -0.4 is 14.4 Å². The van der Waals surface area contributed by atoms with Gasteiger partial charge in [0.05, 0.1) is 31.2 Å². The Hall–Kier alpha value is -3.37. The molecule has 1 aromatic carbocycles. The van der Waals surface area contributed by atoms with E-state index in [0.717, 1.165) is 77.9 Å². The van der Waals surface area contributed by atoms with Crippen molar-refractivity contribution in [2.24, 2.45) is 11.8 Å². The first-order valence-corrected chi connectivity index (χ1v) is 15.3. The smallest absolute Gasteiger partial charge is 0.214 e. The number of pyridine rings is 2.